The topological polar surface area (TPSA) is 84.7 Å². The van der Waals surface area contributed by atoms with Gasteiger partial charge in [-0.1, -0.05) is 0 Å². The van der Waals surface area contributed by atoms with Crippen LogP contribution in [0.3, 0.4) is 0 Å². The minimum Gasteiger partial charge on any atom is -0.454 e. The molecule has 1 aliphatic heterocycles. The molecule has 92 valence electrons. The van der Waals surface area contributed by atoms with E-state index < -0.39 is 12.0 Å². The number of nitrogens with zero attached hydrogens (tertiary/aromatic N) is 1. The molecule has 0 spiro atoms. The smallest absolute Gasteiger partial charge is 0.324 e. The van der Waals surface area contributed by atoms with Crippen molar-refractivity contribution in [2.75, 3.05) is 33.3 Å². The normalized spacial score (nSPS) is 17.2. The van der Waals surface area contributed by atoms with E-state index in [9.17, 15) is 9.59 Å². The van der Waals surface area contributed by atoms with Crippen molar-refractivity contribution in [2.45, 2.75) is 18.9 Å². The molecule has 0 bridgehead atoms. The molecule has 0 aliphatic carbocycles. The average Bonchev–Trinajstić information content (AvgIpc) is 2.81. The molecule has 0 unspecified atom stereocenters. The van der Waals surface area contributed by atoms with Gasteiger partial charge in [0.1, 0.15) is 6.04 Å². The van der Waals surface area contributed by atoms with Crippen molar-refractivity contribution in [1.82, 2.24) is 10.2 Å². The highest BCUT2D eigenvalue weighted by Gasteiger charge is 2.21. The largest absolute Gasteiger partial charge is 0.454 e. The van der Waals surface area contributed by atoms with Crippen LogP contribution in [-0.2, 0) is 14.3 Å². The maximum absolute atomic E-state index is 11.5. The van der Waals surface area contributed by atoms with Crippen LogP contribution < -0.4 is 11.1 Å². The number of hydrogen-bond donors (Lipinski definition) is 2. The lowest BCUT2D eigenvalue weighted by molar-refractivity contribution is -0.153. The summed E-state index contributed by atoms with van der Waals surface area (Å²) in [6, 6.07) is -0.536. The van der Waals surface area contributed by atoms with E-state index in [0.29, 0.717) is 0 Å². The molecule has 6 heteroatoms. The minimum atomic E-state index is -0.536. The summed E-state index contributed by atoms with van der Waals surface area (Å²) in [5.74, 6) is -0.602. The lowest BCUT2D eigenvalue weighted by Crippen LogP contribution is -2.43. The molecule has 1 heterocycles. The van der Waals surface area contributed by atoms with Gasteiger partial charge in [-0.2, -0.15) is 0 Å². The first-order valence-electron chi connectivity index (χ1n) is 5.50. The van der Waals surface area contributed by atoms with Gasteiger partial charge in [0.15, 0.2) is 6.61 Å². The third-order valence-corrected chi connectivity index (χ3v) is 2.67. The van der Waals surface area contributed by atoms with E-state index in [0.717, 1.165) is 25.9 Å². The van der Waals surface area contributed by atoms with Crippen molar-refractivity contribution < 1.29 is 14.3 Å². The van der Waals surface area contributed by atoms with Gasteiger partial charge in [-0.05, 0) is 19.9 Å². The quantitative estimate of drug-likeness (QED) is 0.572. The molecular formula is C10H19N3O3. The predicted molar refractivity (Wildman–Crippen MR) is 58.7 cm³/mol. The molecule has 0 aromatic rings. The molecule has 0 saturated carbocycles. The van der Waals surface area contributed by atoms with Crippen molar-refractivity contribution in [1.29, 1.82) is 0 Å². The number of carbonyl (C=O) groups excluding carboxylic acids is 2. The van der Waals surface area contributed by atoms with Gasteiger partial charge in [0.25, 0.3) is 5.91 Å². The molecule has 0 aromatic heterocycles. The molecule has 6 nitrogen and oxygen atoms in total. The van der Waals surface area contributed by atoms with E-state index in [1.807, 2.05) is 0 Å². The third kappa shape index (κ3) is 3.46. The van der Waals surface area contributed by atoms with Gasteiger partial charge in [-0.25, -0.2) is 0 Å². The predicted octanol–water partition coefficient (Wildman–Crippen LogP) is -1.30. The Morgan fingerprint density at radius 3 is 2.56 bits per heavy atom. The Bertz CT molecular complexity index is 234. The highest BCUT2D eigenvalue weighted by Crippen LogP contribution is 2.07. The lowest BCUT2D eigenvalue weighted by atomic mass is 10.3. The fraction of sp³-hybridized carbons (Fsp3) is 0.800. The fourth-order valence-corrected chi connectivity index (χ4v) is 1.62. The Hall–Kier alpha value is -1.14. The highest BCUT2D eigenvalue weighted by molar-refractivity contribution is 5.82. The van der Waals surface area contributed by atoms with Gasteiger partial charge in [0.05, 0.1) is 0 Å². The summed E-state index contributed by atoms with van der Waals surface area (Å²) in [7, 11) is 1.63. The second kappa shape index (κ2) is 6.44. The molecule has 0 radical (unpaired) electrons. The number of amides is 1. The fourth-order valence-electron chi connectivity index (χ4n) is 1.62. The number of nitrogens with one attached hydrogen (secondary N) is 1. The first-order valence-corrected chi connectivity index (χ1v) is 5.50. The van der Waals surface area contributed by atoms with Gasteiger partial charge in [-0.3, -0.25) is 9.59 Å². The van der Waals surface area contributed by atoms with Crippen LogP contribution in [0.5, 0.6) is 0 Å². The summed E-state index contributed by atoms with van der Waals surface area (Å²) in [5, 5.41) is 2.72. The zero-order valence-corrected chi connectivity index (χ0v) is 9.57. The number of ether oxygens (including phenoxy) is 1. The highest BCUT2D eigenvalue weighted by atomic mass is 16.5. The first-order chi connectivity index (χ1) is 7.69. The molecule has 1 aliphatic rings. The summed E-state index contributed by atoms with van der Waals surface area (Å²) in [5.41, 5.74) is 5.35. The van der Waals surface area contributed by atoms with Crippen LogP contribution in [-0.4, -0.2) is 56.1 Å². The van der Waals surface area contributed by atoms with Gasteiger partial charge in [0.2, 0.25) is 0 Å². The van der Waals surface area contributed by atoms with Gasteiger partial charge < -0.3 is 20.7 Å². The summed E-state index contributed by atoms with van der Waals surface area (Å²) in [4.78, 5) is 24.6. The van der Waals surface area contributed by atoms with Crippen LogP contribution in [0, 0.1) is 0 Å². The summed E-state index contributed by atoms with van der Waals surface area (Å²) in [6.07, 6.45) is 2.06. The van der Waals surface area contributed by atoms with Crippen LogP contribution in [0.4, 0.5) is 0 Å². The summed E-state index contributed by atoms with van der Waals surface area (Å²) < 4.78 is 4.89. The molecule has 16 heavy (non-hydrogen) atoms. The van der Waals surface area contributed by atoms with Gasteiger partial charge in [0, 0.05) is 19.6 Å². The molecular weight excluding hydrogens is 210 g/mol. The van der Waals surface area contributed by atoms with E-state index in [1.165, 1.54) is 0 Å². The number of nitrogens with two attached hydrogens (primary N) is 1. The number of carbonyl (C=O) groups is 2. The van der Waals surface area contributed by atoms with Crippen molar-refractivity contribution in [3.8, 4) is 0 Å². The number of rotatable bonds is 5. The zero-order valence-electron chi connectivity index (χ0n) is 9.57. The maximum atomic E-state index is 11.5. The molecule has 1 saturated heterocycles. The molecule has 1 fully saturated rings. The standard InChI is InChI=1S/C10H19N3O3/c1-12-8(6-11)10(15)16-7-9(14)13-4-2-3-5-13/h8,12H,2-7,11H2,1H3/t8-/m1/s1. The monoisotopic (exact) mass is 229 g/mol. The van der Waals surface area contributed by atoms with E-state index in [-0.39, 0.29) is 19.1 Å². The summed E-state index contributed by atoms with van der Waals surface area (Å²) >= 11 is 0. The van der Waals surface area contributed by atoms with Gasteiger partial charge in [-0.15, -0.1) is 0 Å². The van der Waals surface area contributed by atoms with Crippen LogP contribution in [0.1, 0.15) is 12.8 Å². The number of esters is 1. The Labute approximate surface area is 95.1 Å². The van der Waals surface area contributed by atoms with Crippen LogP contribution >= 0.6 is 0 Å². The maximum Gasteiger partial charge on any atom is 0.324 e. The zero-order chi connectivity index (χ0) is 12.0. The Kier molecular flexibility index (Phi) is 5.21. The first kappa shape index (κ1) is 12.9. The molecule has 0 aromatic carbocycles. The van der Waals surface area contributed by atoms with E-state index in [1.54, 1.807) is 11.9 Å². The van der Waals surface area contributed by atoms with Crippen molar-refractivity contribution in [3.05, 3.63) is 0 Å². The molecule has 1 atom stereocenters. The van der Waals surface area contributed by atoms with E-state index in [2.05, 4.69) is 5.32 Å². The Morgan fingerprint density at radius 1 is 1.44 bits per heavy atom. The van der Waals surface area contributed by atoms with Crippen LogP contribution in [0.25, 0.3) is 0 Å². The van der Waals surface area contributed by atoms with Crippen LogP contribution in [0.2, 0.25) is 0 Å². The lowest BCUT2D eigenvalue weighted by Gasteiger charge is -2.17. The molecule has 1 amide bonds. The van der Waals surface area contributed by atoms with Crippen molar-refractivity contribution >= 4 is 11.9 Å². The van der Waals surface area contributed by atoms with E-state index >= 15 is 0 Å². The Balaban J connectivity index is 2.27. The Morgan fingerprint density at radius 2 is 2.06 bits per heavy atom. The van der Waals surface area contributed by atoms with Crippen molar-refractivity contribution in [3.63, 3.8) is 0 Å². The van der Waals surface area contributed by atoms with Gasteiger partial charge >= 0.3 is 5.97 Å². The number of likely N-dealkylation sites (N-methyl/N-ethyl adjacent to an activating group) is 1. The third-order valence-electron chi connectivity index (χ3n) is 2.67. The average molecular weight is 229 g/mol. The van der Waals surface area contributed by atoms with Crippen LogP contribution in [0.15, 0.2) is 0 Å². The summed E-state index contributed by atoms with van der Waals surface area (Å²) in [6.45, 7) is 1.51. The molecule has 3 N–H and O–H groups in total. The van der Waals surface area contributed by atoms with E-state index in [4.69, 9.17) is 10.5 Å². The number of likely N-dealkylation sites (tertiary alicyclic amines) is 1. The SMILES string of the molecule is CN[C@H](CN)C(=O)OCC(=O)N1CCCC1. The molecule has 1 rings (SSSR count). The second-order valence-corrected chi connectivity index (χ2v) is 3.77. The van der Waals surface area contributed by atoms with Crippen molar-refractivity contribution in [2.24, 2.45) is 5.73 Å². The minimum absolute atomic E-state index is 0.127. The second-order valence-electron chi connectivity index (χ2n) is 3.77. The number of hydrogen-bond acceptors (Lipinski definition) is 5.